The Hall–Kier alpha value is -2.86. The van der Waals surface area contributed by atoms with Crippen molar-refractivity contribution in [3.8, 4) is 11.5 Å². The van der Waals surface area contributed by atoms with Crippen LogP contribution in [0.4, 0.5) is 5.69 Å². The number of fused-ring (bicyclic) bond motifs is 3. The van der Waals surface area contributed by atoms with E-state index in [1.54, 1.807) is 19.2 Å². The van der Waals surface area contributed by atoms with Gasteiger partial charge < -0.3 is 15.7 Å². The number of para-hydroxylation sites is 1. The molecule has 0 bridgehead atoms. The summed E-state index contributed by atoms with van der Waals surface area (Å²) in [5.74, 6) is 0.402. The third-order valence-corrected chi connectivity index (χ3v) is 4.07. The van der Waals surface area contributed by atoms with Crippen molar-refractivity contribution in [3.63, 3.8) is 0 Å². The summed E-state index contributed by atoms with van der Waals surface area (Å²) in [4.78, 5) is 26.4. The number of aromatic nitrogens is 4. The normalized spacial score (nSPS) is 11.4. The molecule has 4 rings (SSSR count). The first kappa shape index (κ1) is 13.8. The van der Waals surface area contributed by atoms with Crippen LogP contribution in [0.15, 0.2) is 35.3 Å². The maximum absolute atomic E-state index is 11.7. The maximum Gasteiger partial charge on any atom is 0.251 e. The van der Waals surface area contributed by atoms with E-state index in [9.17, 15) is 4.79 Å². The molecule has 0 aliphatic rings. The first-order valence-corrected chi connectivity index (χ1v) is 7.35. The van der Waals surface area contributed by atoms with E-state index in [-0.39, 0.29) is 5.56 Å². The highest BCUT2D eigenvalue weighted by Gasteiger charge is 2.16. The van der Waals surface area contributed by atoms with Crippen LogP contribution in [0.25, 0.3) is 33.3 Å². The summed E-state index contributed by atoms with van der Waals surface area (Å²) in [6.07, 6.45) is 1.67. The Balaban J connectivity index is 2.09. The number of hydrogen-bond acceptors (Lipinski definition) is 4. The number of aromatic amines is 2. The number of nitrogens with two attached hydrogens (primary N) is 1. The van der Waals surface area contributed by atoms with Crippen molar-refractivity contribution in [2.75, 3.05) is 5.73 Å². The van der Waals surface area contributed by atoms with Crippen molar-refractivity contribution in [3.05, 3.63) is 51.5 Å². The summed E-state index contributed by atoms with van der Waals surface area (Å²) in [6, 6.07) is 6.99. The fourth-order valence-corrected chi connectivity index (χ4v) is 2.96. The molecule has 4 aromatic rings. The topological polar surface area (TPSA) is 100 Å². The van der Waals surface area contributed by atoms with Gasteiger partial charge in [0.25, 0.3) is 5.56 Å². The molecule has 0 aliphatic carbocycles. The van der Waals surface area contributed by atoms with Gasteiger partial charge in [-0.2, -0.15) is 0 Å². The molecule has 0 saturated carbocycles. The third-order valence-electron chi connectivity index (χ3n) is 3.76. The van der Waals surface area contributed by atoms with Crippen molar-refractivity contribution < 1.29 is 0 Å². The molecule has 0 aliphatic heterocycles. The number of nitrogens with one attached hydrogen (secondary N) is 2. The number of H-pyrrole nitrogens is 2. The molecular weight excluding hydrogens is 314 g/mol. The fourth-order valence-electron chi connectivity index (χ4n) is 2.74. The van der Waals surface area contributed by atoms with Crippen molar-refractivity contribution in [2.45, 2.75) is 6.92 Å². The van der Waals surface area contributed by atoms with Gasteiger partial charge in [0.2, 0.25) is 0 Å². The molecule has 6 nitrogen and oxygen atoms in total. The number of halogens is 1. The quantitative estimate of drug-likeness (QED) is 0.500. The average Bonchev–Trinajstić information content (AvgIpc) is 2.84. The molecule has 7 heteroatoms. The Morgan fingerprint density at radius 3 is 2.83 bits per heavy atom. The summed E-state index contributed by atoms with van der Waals surface area (Å²) in [7, 11) is 0. The maximum atomic E-state index is 11.7. The number of rotatable bonds is 1. The third kappa shape index (κ3) is 2.07. The number of hydrogen-bond donors (Lipinski definition) is 3. The van der Waals surface area contributed by atoms with E-state index in [1.807, 2.05) is 12.1 Å². The lowest BCUT2D eigenvalue weighted by atomic mass is 10.1. The van der Waals surface area contributed by atoms with Crippen molar-refractivity contribution >= 4 is 39.1 Å². The highest BCUT2D eigenvalue weighted by atomic mass is 35.5. The summed E-state index contributed by atoms with van der Waals surface area (Å²) in [5, 5.41) is 2.20. The molecule has 4 N–H and O–H groups in total. The SMILES string of the molecule is Cc1cc(=O)[nH]c(-c2[nH]c3c(cnc4c(Cl)cccc43)c2N)n1. The van der Waals surface area contributed by atoms with Crippen LogP contribution in [0.1, 0.15) is 5.69 Å². The molecule has 0 amide bonds. The summed E-state index contributed by atoms with van der Waals surface area (Å²) >= 11 is 6.20. The number of benzene rings is 1. The lowest BCUT2D eigenvalue weighted by Crippen LogP contribution is -2.09. The Kier molecular flexibility index (Phi) is 2.89. The molecule has 0 atom stereocenters. The van der Waals surface area contributed by atoms with E-state index < -0.39 is 0 Å². The smallest absolute Gasteiger partial charge is 0.251 e. The van der Waals surface area contributed by atoms with Gasteiger partial charge in [0.05, 0.1) is 21.7 Å². The van der Waals surface area contributed by atoms with Gasteiger partial charge in [-0.15, -0.1) is 0 Å². The van der Waals surface area contributed by atoms with Gasteiger partial charge in [-0.25, -0.2) is 4.98 Å². The molecular formula is C16H12ClN5O. The minimum Gasteiger partial charge on any atom is -0.396 e. The molecule has 0 unspecified atom stereocenters. The second kappa shape index (κ2) is 4.82. The van der Waals surface area contributed by atoms with Gasteiger partial charge in [0, 0.05) is 28.7 Å². The minimum atomic E-state index is -0.225. The Labute approximate surface area is 135 Å². The van der Waals surface area contributed by atoms with Crippen LogP contribution in [0.3, 0.4) is 0 Å². The summed E-state index contributed by atoms with van der Waals surface area (Å²) in [6.45, 7) is 1.76. The van der Waals surface area contributed by atoms with E-state index in [1.165, 1.54) is 6.07 Å². The molecule has 0 spiro atoms. The molecule has 23 heavy (non-hydrogen) atoms. The minimum absolute atomic E-state index is 0.225. The van der Waals surface area contributed by atoms with Crippen molar-refractivity contribution in [1.82, 2.24) is 19.9 Å². The molecule has 1 aromatic carbocycles. The summed E-state index contributed by atoms with van der Waals surface area (Å²) < 4.78 is 0. The largest absolute Gasteiger partial charge is 0.396 e. The van der Waals surface area contributed by atoms with Crippen molar-refractivity contribution in [2.24, 2.45) is 0 Å². The van der Waals surface area contributed by atoms with Gasteiger partial charge in [-0.1, -0.05) is 23.7 Å². The zero-order chi connectivity index (χ0) is 16.1. The number of nitrogen functional groups attached to an aromatic ring is 1. The van der Waals surface area contributed by atoms with Gasteiger partial charge >= 0.3 is 0 Å². The van der Waals surface area contributed by atoms with Gasteiger partial charge in [0.1, 0.15) is 5.69 Å². The Morgan fingerprint density at radius 1 is 1.22 bits per heavy atom. The predicted octanol–water partition coefficient (Wildman–Crippen LogP) is 3.01. The Bertz CT molecular complexity index is 1130. The number of nitrogens with zero attached hydrogens (tertiary/aromatic N) is 2. The van der Waals surface area contributed by atoms with Crippen LogP contribution in [-0.2, 0) is 0 Å². The van der Waals surface area contributed by atoms with E-state index in [4.69, 9.17) is 17.3 Å². The number of anilines is 1. The van der Waals surface area contributed by atoms with Crippen LogP contribution in [0.2, 0.25) is 5.02 Å². The second-order valence-electron chi connectivity index (χ2n) is 5.33. The lowest BCUT2D eigenvalue weighted by Gasteiger charge is -2.00. The van der Waals surface area contributed by atoms with Crippen LogP contribution in [-0.4, -0.2) is 19.9 Å². The molecule has 0 radical (unpaired) electrons. The zero-order valence-corrected chi connectivity index (χ0v) is 12.9. The zero-order valence-electron chi connectivity index (χ0n) is 12.1. The first-order valence-electron chi connectivity index (χ1n) is 6.97. The molecule has 114 valence electrons. The second-order valence-corrected chi connectivity index (χ2v) is 5.74. The average molecular weight is 326 g/mol. The van der Waals surface area contributed by atoms with E-state index in [0.29, 0.717) is 33.4 Å². The van der Waals surface area contributed by atoms with Crippen LogP contribution in [0.5, 0.6) is 0 Å². The van der Waals surface area contributed by atoms with Gasteiger partial charge in [-0.3, -0.25) is 9.78 Å². The first-order chi connectivity index (χ1) is 11.0. The van der Waals surface area contributed by atoms with Crippen LogP contribution in [0, 0.1) is 6.92 Å². The van der Waals surface area contributed by atoms with E-state index in [0.717, 1.165) is 16.3 Å². The fraction of sp³-hybridized carbons (Fsp3) is 0.0625. The molecule has 3 aromatic heterocycles. The molecule has 0 fully saturated rings. The van der Waals surface area contributed by atoms with Gasteiger partial charge in [-0.05, 0) is 13.0 Å². The molecule has 3 heterocycles. The van der Waals surface area contributed by atoms with E-state index >= 15 is 0 Å². The van der Waals surface area contributed by atoms with E-state index in [2.05, 4.69) is 19.9 Å². The van der Waals surface area contributed by atoms with Crippen LogP contribution >= 0.6 is 11.6 Å². The molecule has 0 saturated heterocycles. The highest BCUT2D eigenvalue weighted by Crippen LogP contribution is 2.35. The van der Waals surface area contributed by atoms with Crippen molar-refractivity contribution in [1.29, 1.82) is 0 Å². The van der Waals surface area contributed by atoms with Crippen LogP contribution < -0.4 is 11.3 Å². The monoisotopic (exact) mass is 325 g/mol. The lowest BCUT2D eigenvalue weighted by molar-refractivity contribution is 1.07. The predicted molar refractivity (Wildman–Crippen MR) is 91.6 cm³/mol. The summed E-state index contributed by atoms with van der Waals surface area (Å²) in [5.41, 5.74) is 9.19. The number of pyridine rings is 1. The standard InChI is InChI=1S/C16H12ClN5O/c1-7-5-11(23)21-16(20-7)15-12(18)9-6-19-14-8(13(9)22-15)3-2-4-10(14)17/h2-6,22H,18H2,1H3,(H,20,21,23). The Morgan fingerprint density at radius 2 is 2.04 bits per heavy atom. The highest BCUT2D eigenvalue weighted by molar-refractivity contribution is 6.35. The van der Waals surface area contributed by atoms with Gasteiger partial charge in [0.15, 0.2) is 5.82 Å². The number of aryl methyl sites for hydroxylation is 1.